The maximum absolute atomic E-state index is 13.0. The summed E-state index contributed by atoms with van der Waals surface area (Å²) in [6.07, 6.45) is 1.35. The number of para-hydroxylation sites is 2. The Morgan fingerprint density at radius 2 is 1.77 bits per heavy atom. The molecule has 2 aromatic heterocycles. The fraction of sp³-hybridized carbons (Fsp3) is 0.130. The van der Waals surface area contributed by atoms with Crippen molar-refractivity contribution in [3.63, 3.8) is 0 Å². The van der Waals surface area contributed by atoms with Gasteiger partial charge in [-0.25, -0.2) is 9.78 Å². The third kappa shape index (κ3) is 3.95. The summed E-state index contributed by atoms with van der Waals surface area (Å²) in [7, 11) is 1.49. The lowest BCUT2D eigenvalue weighted by atomic mass is 10.2. The minimum atomic E-state index is -0.593. The largest absolute Gasteiger partial charge is 0.496 e. The Morgan fingerprint density at radius 3 is 2.58 bits per heavy atom. The first-order valence-electron chi connectivity index (χ1n) is 9.68. The molecule has 0 atom stereocenters. The van der Waals surface area contributed by atoms with Gasteiger partial charge in [0.2, 0.25) is 0 Å². The van der Waals surface area contributed by atoms with Crippen molar-refractivity contribution in [3.05, 3.63) is 78.0 Å². The average molecular weight is 416 g/mol. The van der Waals surface area contributed by atoms with Gasteiger partial charge in [0.15, 0.2) is 11.6 Å². The number of nitrogens with zero attached hydrogens (tertiary/aromatic N) is 3. The molecule has 0 saturated carbocycles. The fourth-order valence-corrected chi connectivity index (χ4v) is 3.18. The van der Waals surface area contributed by atoms with Gasteiger partial charge in [-0.2, -0.15) is 9.78 Å². The summed E-state index contributed by atoms with van der Waals surface area (Å²) >= 11 is 0. The monoisotopic (exact) mass is 416 g/mol. The number of rotatable bonds is 6. The van der Waals surface area contributed by atoms with Gasteiger partial charge in [-0.15, -0.1) is 0 Å². The molecule has 0 fully saturated rings. The molecule has 0 aliphatic heterocycles. The van der Waals surface area contributed by atoms with Gasteiger partial charge in [0.1, 0.15) is 11.3 Å². The van der Waals surface area contributed by atoms with Crippen LogP contribution in [0.25, 0.3) is 16.7 Å². The van der Waals surface area contributed by atoms with E-state index >= 15 is 0 Å². The lowest BCUT2D eigenvalue weighted by molar-refractivity contribution is 0.0527. The summed E-state index contributed by atoms with van der Waals surface area (Å²) in [5.41, 5.74) is 1.20. The molecule has 4 aromatic rings. The quantitative estimate of drug-likeness (QED) is 0.480. The molecular weight excluding hydrogens is 396 g/mol. The van der Waals surface area contributed by atoms with Crippen molar-refractivity contribution in [2.24, 2.45) is 0 Å². The van der Waals surface area contributed by atoms with Crippen LogP contribution in [0.3, 0.4) is 0 Å². The van der Waals surface area contributed by atoms with Gasteiger partial charge >= 0.3 is 5.97 Å². The molecule has 0 radical (unpaired) electrons. The number of carbonyl (C=O) groups is 2. The first-order chi connectivity index (χ1) is 15.1. The van der Waals surface area contributed by atoms with Crippen molar-refractivity contribution in [1.82, 2.24) is 14.8 Å². The van der Waals surface area contributed by atoms with Crippen molar-refractivity contribution in [2.75, 3.05) is 19.0 Å². The Balaban J connectivity index is 1.79. The normalized spacial score (nSPS) is 10.6. The number of methoxy groups -OCH3 is 1. The first kappa shape index (κ1) is 20.1. The standard InChI is InChI=1S/C23H20N4O4/c1-3-31-23(29)17-14-24-27(20-13-12-15-8-4-6-10-18(15)25-20)21(17)26-22(28)16-9-5-7-11-19(16)30-2/h4-14H,3H2,1-2H3,(H,26,28). The predicted octanol–water partition coefficient (Wildman–Crippen LogP) is 3.86. The van der Waals surface area contributed by atoms with Gasteiger partial charge in [-0.3, -0.25) is 4.79 Å². The Labute approximate surface area is 178 Å². The van der Waals surface area contributed by atoms with Crippen LogP contribution in [-0.4, -0.2) is 40.4 Å². The number of carbonyl (C=O) groups excluding carboxylic acids is 2. The highest BCUT2D eigenvalue weighted by molar-refractivity contribution is 6.08. The summed E-state index contributed by atoms with van der Waals surface area (Å²) in [4.78, 5) is 30.1. The third-order valence-electron chi connectivity index (χ3n) is 4.65. The van der Waals surface area contributed by atoms with Crippen LogP contribution in [0.15, 0.2) is 66.9 Å². The number of aromatic nitrogens is 3. The molecule has 1 N–H and O–H groups in total. The third-order valence-corrected chi connectivity index (χ3v) is 4.65. The maximum Gasteiger partial charge on any atom is 0.343 e. The van der Waals surface area contributed by atoms with Crippen LogP contribution in [-0.2, 0) is 4.74 Å². The second kappa shape index (κ2) is 8.66. The predicted molar refractivity (Wildman–Crippen MR) is 116 cm³/mol. The maximum atomic E-state index is 13.0. The van der Waals surface area contributed by atoms with Gasteiger partial charge < -0.3 is 14.8 Å². The number of nitrogens with one attached hydrogen (secondary N) is 1. The summed E-state index contributed by atoms with van der Waals surface area (Å²) in [5, 5.41) is 8.03. The van der Waals surface area contributed by atoms with E-state index in [1.807, 2.05) is 30.3 Å². The molecule has 8 heteroatoms. The van der Waals surface area contributed by atoms with Gasteiger partial charge in [-0.05, 0) is 37.3 Å². The Hall–Kier alpha value is -4.20. The van der Waals surface area contributed by atoms with E-state index in [0.29, 0.717) is 17.1 Å². The van der Waals surface area contributed by atoms with Crippen LogP contribution >= 0.6 is 0 Å². The van der Waals surface area contributed by atoms with E-state index in [1.165, 1.54) is 18.0 Å². The average Bonchev–Trinajstić information content (AvgIpc) is 3.22. The SMILES string of the molecule is CCOC(=O)c1cnn(-c2ccc3ccccc3n2)c1NC(=O)c1ccccc1OC. The molecule has 0 unspecified atom stereocenters. The molecule has 156 valence electrons. The van der Waals surface area contributed by atoms with Gasteiger partial charge in [0.25, 0.3) is 5.91 Å². The van der Waals surface area contributed by atoms with Crippen molar-refractivity contribution >= 4 is 28.6 Å². The van der Waals surface area contributed by atoms with E-state index in [4.69, 9.17) is 9.47 Å². The van der Waals surface area contributed by atoms with Crippen LogP contribution in [0.4, 0.5) is 5.82 Å². The number of hydrogen-bond donors (Lipinski definition) is 1. The number of ether oxygens (including phenoxy) is 2. The number of amides is 1. The highest BCUT2D eigenvalue weighted by Crippen LogP contribution is 2.25. The van der Waals surface area contributed by atoms with E-state index in [0.717, 1.165) is 10.9 Å². The van der Waals surface area contributed by atoms with Gasteiger partial charge in [0.05, 0.1) is 31.0 Å². The molecule has 0 spiro atoms. The zero-order valence-corrected chi connectivity index (χ0v) is 17.0. The molecule has 0 aliphatic rings. The van der Waals surface area contributed by atoms with Crippen molar-refractivity contribution in [2.45, 2.75) is 6.92 Å². The minimum absolute atomic E-state index is 0.125. The van der Waals surface area contributed by atoms with Crippen LogP contribution in [0.5, 0.6) is 5.75 Å². The molecule has 4 rings (SSSR count). The lowest BCUT2D eigenvalue weighted by Gasteiger charge is -2.12. The first-order valence-corrected chi connectivity index (χ1v) is 9.68. The molecule has 0 aliphatic carbocycles. The molecule has 0 bridgehead atoms. The Kier molecular flexibility index (Phi) is 5.61. The number of fused-ring (bicyclic) bond motifs is 1. The Bertz CT molecular complexity index is 1270. The number of anilines is 1. The van der Waals surface area contributed by atoms with E-state index < -0.39 is 11.9 Å². The molecule has 2 heterocycles. The molecule has 0 saturated heterocycles. The molecular formula is C23H20N4O4. The van der Waals surface area contributed by atoms with Gasteiger partial charge in [-0.1, -0.05) is 30.3 Å². The number of hydrogen-bond acceptors (Lipinski definition) is 6. The van der Waals surface area contributed by atoms with E-state index in [2.05, 4.69) is 15.4 Å². The van der Waals surface area contributed by atoms with Crippen molar-refractivity contribution in [1.29, 1.82) is 0 Å². The highest BCUT2D eigenvalue weighted by Gasteiger charge is 2.23. The van der Waals surface area contributed by atoms with Crippen molar-refractivity contribution in [3.8, 4) is 11.6 Å². The smallest absolute Gasteiger partial charge is 0.343 e. The summed E-state index contributed by atoms with van der Waals surface area (Å²) < 4.78 is 11.8. The number of esters is 1. The summed E-state index contributed by atoms with van der Waals surface area (Å²) in [6, 6.07) is 18.1. The summed E-state index contributed by atoms with van der Waals surface area (Å²) in [5.74, 6) is -0.0234. The van der Waals surface area contributed by atoms with Gasteiger partial charge in [0, 0.05) is 5.39 Å². The fourth-order valence-electron chi connectivity index (χ4n) is 3.18. The van der Waals surface area contributed by atoms with Crippen molar-refractivity contribution < 1.29 is 19.1 Å². The minimum Gasteiger partial charge on any atom is -0.496 e. The van der Waals surface area contributed by atoms with Crippen LogP contribution in [0.2, 0.25) is 0 Å². The van der Waals surface area contributed by atoms with E-state index in [9.17, 15) is 9.59 Å². The topological polar surface area (TPSA) is 95.3 Å². The van der Waals surface area contributed by atoms with E-state index in [-0.39, 0.29) is 18.0 Å². The van der Waals surface area contributed by atoms with Crippen LogP contribution < -0.4 is 10.1 Å². The molecule has 1 amide bonds. The molecule has 31 heavy (non-hydrogen) atoms. The highest BCUT2D eigenvalue weighted by atomic mass is 16.5. The lowest BCUT2D eigenvalue weighted by Crippen LogP contribution is -2.19. The van der Waals surface area contributed by atoms with Crippen LogP contribution in [0.1, 0.15) is 27.6 Å². The van der Waals surface area contributed by atoms with Crippen LogP contribution in [0, 0.1) is 0 Å². The second-order valence-corrected chi connectivity index (χ2v) is 6.56. The summed E-state index contributed by atoms with van der Waals surface area (Å²) in [6.45, 7) is 1.90. The second-order valence-electron chi connectivity index (χ2n) is 6.56. The molecule has 8 nitrogen and oxygen atoms in total. The molecule has 2 aromatic carbocycles. The Morgan fingerprint density at radius 1 is 1.00 bits per heavy atom. The zero-order chi connectivity index (χ0) is 21.8. The van der Waals surface area contributed by atoms with E-state index in [1.54, 1.807) is 37.3 Å². The number of pyridine rings is 1. The number of benzene rings is 2. The zero-order valence-electron chi connectivity index (χ0n) is 17.0.